The van der Waals surface area contributed by atoms with Gasteiger partial charge in [0.2, 0.25) is 0 Å². The lowest BCUT2D eigenvalue weighted by Crippen LogP contribution is -2.47. The third-order valence-electron chi connectivity index (χ3n) is 3.06. The summed E-state index contributed by atoms with van der Waals surface area (Å²) in [5, 5.41) is 7.90. The van der Waals surface area contributed by atoms with Gasteiger partial charge < -0.3 is 9.80 Å². The second-order valence-corrected chi connectivity index (χ2v) is 4.37. The minimum atomic E-state index is 0.563. The van der Waals surface area contributed by atoms with Crippen LogP contribution in [-0.2, 0) is 0 Å². The van der Waals surface area contributed by atoms with Crippen LogP contribution in [-0.4, -0.2) is 48.9 Å². The van der Waals surface area contributed by atoms with Crippen LogP contribution >= 0.6 is 0 Å². The maximum Gasteiger partial charge on any atom is 0.0957 e. The molecule has 1 heterocycles. The number of hydrogen-bond donors (Lipinski definition) is 1. The van der Waals surface area contributed by atoms with Crippen molar-refractivity contribution in [2.24, 2.45) is 0 Å². The molecule has 3 nitrogen and oxygen atoms in total. The van der Waals surface area contributed by atoms with Crippen molar-refractivity contribution in [2.75, 3.05) is 27.2 Å². The van der Waals surface area contributed by atoms with Gasteiger partial charge in [0.15, 0.2) is 0 Å². The highest BCUT2D eigenvalue weighted by molar-refractivity contribution is 5.79. The molecule has 0 aliphatic carbocycles. The lowest BCUT2D eigenvalue weighted by atomic mass is 10.0. The molecule has 0 aromatic carbocycles. The number of rotatable bonds is 3. The fraction of sp³-hybridized carbons (Fsp3) is 0.909. The molecule has 1 fully saturated rings. The van der Waals surface area contributed by atoms with E-state index in [4.69, 9.17) is 5.41 Å². The molecule has 14 heavy (non-hydrogen) atoms. The average Bonchev–Trinajstić information content (AvgIpc) is 2.17. The van der Waals surface area contributed by atoms with Crippen molar-refractivity contribution in [3.05, 3.63) is 0 Å². The van der Waals surface area contributed by atoms with Crippen LogP contribution < -0.4 is 0 Å². The van der Waals surface area contributed by atoms with Gasteiger partial charge in [-0.15, -0.1) is 0 Å². The summed E-state index contributed by atoms with van der Waals surface area (Å²) in [6.07, 6.45) is 4.50. The zero-order chi connectivity index (χ0) is 10.6. The highest BCUT2D eigenvalue weighted by atomic mass is 15.2. The molecule has 0 saturated carbocycles. The Morgan fingerprint density at radius 2 is 2.29 bits per heavy atom. The molecule has 1 unspecified atom stereocenters. The highest BCUT2D eigenvalue weighted by Crippen LogP contribution is 2.14. The molecule has 1 atom stereocenters. The Kier molecular flexibility index (Phi) is 4.39. The molecule has 82 valence electrons. The molecule has 0 aromatic heterocycles. The Morgan fingerprint density at radius 3 is 2.86 bits per heavy atom. The molecule has 1 N–H and O–H groups in total. The zero-order valence-corrected chi connectivity index (χ0v) is 9.71. The van der Waals surface area contributed by atoms with Crippen LogP contribution in [0.4, 0.5) is 0 Å². The van der Waals surface area contributed by atoms with Crippen molar-refractivity contribution < 1.29 is 0 Å². The topological polar surface area (TPSA) is 30.3 Å². The van der Waals surface area contributed by atoms with Gasteiger partial charge in [0.1, 0.15) is 0 Å². The van der Waals surface area contributed by atoms with Gasteiger partial charge in [0, 0.05) is 26.1 Å². The largest absolute Gasteiger partial charge is 0.359 e. The van der Waals surface area contributed by atoms with Crippen LogP contribution in [0.15, 0.2) is 0 Å². The Balaban J connectivity index is 2.42. The van der Waals surface area contributed by atoms with E-state index in [0.717, 1.165) is 25.2 Å². The van der Waals surface area contributed by atoms with Crippen molar-refractivity contribution in [1.82, 2.24) is 9.80 Å². The monoisotopic (exact) mass is 197 g/mol. The molecule has 3 heteroatoms. The van der Waals surface area contributed by atoms with Gasteiger partial charge in [0.25, 0.3) is 0 Å². The standard InChI is InChI=1S/C11H23N3/c1-4-6-11(12)14(3)10-7-5-8-13(2)9-10/h10,12H,4-9H2,1-3H3. The molecule has 0 bridgehead atoms. The van der Waals surface area contributed by atoms with E-state index in [0.29, 0.717) is 6.04 Å². The van der Waals surface area contributed by atoms with Gasteiger partial charge in [-0.2, -0.15) is 0 Å². The predicted molar refractivity (Wildman–Crippen MR) is 60.9 cm³/mol. The molecule has 1 rings (SSSR count). The minimum absolute atomic E-state index is 0.563. The summed E-state index contributed by atoms with van der Waals surface area (Å²) in [7, 11) is 4.24. The smallest absolute Gasteiger partial charge is 0.0957 e. The zero-order valence-electron chi connectivity index (χ0n) is 9.71. The third kappa shape index (κ3) is 2.98. The Bertz CT molecular complexity index is 191. The van der Waals surface area contributed by atoms with Gasteiger partial charge in [-0.3, -0.25) is 5.41 Å². The van der Waals surface area contributed by atoms with Gasteiger partial charge in [-0.25, -0.2) is 0 Å². The van der Waals surface area contributed by atoms with Gasteiger partial charge in [-0.1, -0.05) is 6.92 Å². The number of hydrogen-bond acceptors (Lipinski definition) is 2. The summed E-state index contributed by atoms with van der Waals surface area (Å²) in [5.41, 5.74) is 0. The van der Waals surface area contributed by atoms with E-state index in [9.17, 15) is 0 Å². The van der Waals surface area contributed by atoms with E-state index in [1.165, 1.54) is 19.4 Å². The molecule has 0 radical (unpaired) electrons. The van der Waals surface area contributed by atoms with E-state index in [1.807, 2.05) is 0 Å². The van der Waals surface area contributed by atoms with Gasteiger partial charge in [0.05, 0.1) is 5.84 Å². The first-order valence-corrected chi connectivity index (χ1v) is 5.64. The van der Waals surface area contributed by atoms with E-state index in [-0.39, 0.29) is 0 Å². The first-order chi connectivity index (χ1) is 6.65. The van der Waals surface area contributed by atoms with Crippen LogP contribution in [0.1, 0.15) is 32.6 Å². The lowest BCUT2D eigenvalue weighted by molar-refractivity contribution is 0.179. The first-order valence-electron chi connectivity index (χ1n) is 5.64. The second kappa shape index (κ2) is 5.35. The van der Waals surface area contributed by atoms with E-state index < -0.39 is 0 Å². The van der Waals surface area contributed by atoms with Crippen LogP contribution in [0, 0.1) is 5.41 Å². The van der Waals surface area contributed by atoms with Gasteiger partial charge in [-0.05, 0) is 32.9 Å². The minimum Gasteiger partial charge on any atom is -0.359 e. The fourth-order valence-corrected chi connectivity index (χ4v) is 2.09. The summed E-state index contributed by atoms with van der Waals surface area (Å²) in [5.74, 6) is 0.799. The molecular weight excluding hydrogens is 174 g/mol. The molecule has 1 aliphatic rings. The maximum absolute atomic E-state index is 7.90. The normalized spacial score (nSPS) is 23.5. The number of likely N-dealkylation sites (tertiary alicyclic amines) is 1. The van der Waals surface area contributed by atoms with E-state index >= 15 is 0 Å². The molecule has 0 spiro atoms. The van der Waals surface area contributed by atoms with E-state index in [2.05, 4.69) is 30.8 Å². The summed E-state index contributed by atoms with van der Waals surface area (Å²) >= 11 is 0. The van der Waals surface area contributed by atoms with Crippen LogP contribution in [0.3, 0.4) is 0 Å². The maximum atomic E-state index is 7.90. The van der Waals surface area contributed by atoms with Crippen molar-refractivity contribution in [3.63, 3.8) is 0 Å². The average molecular weight is 197 g/mol. The summed E-state index contributed by atoms with van der Waals surface area (Å²) in [6.45, 7) is 4.46. The predicted octanol–water partition coefficient (Wildman–Crippen LogP) is 1.79. The number of nitrogens with zero attached hydrogens (tertiary/aromatic N) is 2. The van der Waals surface area contributed by atoms with Crippen LogP contribution in [0.2, 0.25) is 0 Å². The fourth-order valence-electron chi connectivity index (χ4n) is 2.09. The third-order valence-corrected chi connectivity index (χ3v) is 3.06. The number of piperidine rings is 1. The summed E-state index contributed by atoms with van der Waals surface area (Å²) in [4.78, 5) is 4.53. The van der Waals surface area contributed by atoms with Crippen molar-refractivity contribution >= 4 is 5.84 Å². The molecule has 0 amide bonds. The van der Waals surface area contributed by atoms with Crippen LogP contribution in [0.25, 0.3) is 0 Å². The van der Waals surface area contributed by atoms with Crippen molar-refractivity contribution in [1.29, 1.82) is 5.41 Å². The van der Waals surface area contributed by atoms with Gasteiger partial charge >= 0.3 is 0 Å². The van der Waals surface area contributed by atoms with Crippen LogP contribution in [0.5, 0.6) is 0 Å². The second-order valence-electron chi connectivity index (χ2n) is 4.37. The SMILES string of the molecule is CCCC(=N)N(C)C1CCCN(C)C1. The van der Waals surface area contributed by atoms with E-state index in [1.54, 1.807) is 0 Å². The number of amidine groups is 1. The summed E-state index contributed by atoms with van der Waals surface area (Å²) < 4.78 is 0. The first kappa shape index (κ1) is 11.5. The lowest BCUT2D eigenvalue weighted by Gasteiger charge is -2.37. The number of nitrogens with one attached hydrogen (secondary N) is 1. The number of likely N-dealkylation sites (N-methyl/N-ethyl adjacent to an activating group) is 2. The molecular formula is C11H23N3. The molecule has 0 aromatic rings. The highest BCUT2D eigenvalue weighted by Gasteiger charge is 2.21. The Morgan fingerprint density at radius 1 is 1.57 bits per heavy atom. The summed E-state index contributed by atoms with van der Waals surface area (Å²) in [6, 6.07) is 0.563. The molecule has 1 saturated heterocycles. The quantitative estimate of drug-likeness (QED) is 0.552. The molecule has 1 aliphatic heterocycles. The van der Waals surface area contributed by atoms with Crippen molar-refractivity contribution in [3.8, 4) is 0 Å². The Labute approximate surface area is 87.6 Å². The Hall–Kier alpha value is -0.570. The van der Waals surface area contributed by atoms with Crippen molar-refractivity contribution in [2.45, 2.75) is 38.6 Å².